The highest BCUT2D eigenvalue weighted by Gasteiger charge is 2.36. The Kier molecular flexibility index (Phi) is 2.63. The van der Waals surface area contributed by atoms with Crippen molar-refractivity contribution in [2.75, 3.05) is 5.73 Å². The van der Waals surface area contributed by atoms with Crippen LogP contribution in [-0.4, -0.2) is 9.97 Å². The lowest BCUT2D eigenvalue weighted by molar-refractivity contribution is 0.629. The maximum Gasteiger partial charge on any atom is 0.134 e. The van der Waals surface area contributed by atoms with Gasteiger partial charge >= 0.3 is 0 Å². The Labute approximate surface area is 91.1 Å². The summed E-state index contributed by atoms with van der Waals surface area (Å²) in [7, 11) is 0. The monoisotopic (exact) mass is 205 g/mol. The zero-order valence-corrected chi connectivity index (χ0v) is 9.70. The summed E-state index contributed by atoms with van der Waals surface area (Å²) in [5.74, 6) is 3.48. The Morgan fingerprint density at radius 1 is 1.47 bits per heavy atom. The normalized spacial score (nSPS) is 24.5. The largest absolute Gasteiger partial charge is 0.384 e. The van der Waals surface area contributed by atoms with Crippen molar-refractivity contribution in [3.8, 4) is 0 Å². The maximum absolute atomic E-state index is 5.80. The highest BCUT2D eigenvalue weighted by atomic mass is 15.0. The van der Waals surface area contributed by atoms with Gasteiger partial charge in [0, 0.05) is 17.7 Å². The van der Waals surface area contributed by atoms with Crippen LogP contribution < -0.4 is 5.73 Å². The van der Waals surface area contributed by atoms with Crippen LogP contribution >= 0.6 is 0 Å². The molecular weight excluding hydrogens is 186 g/mol. The smallest absolute Gasteiger partial charge is 0.134 e. The van der Waals surface area contributed by atoms with Gasteiger partial charge in [0.1, 0.15) is 11.6 Å². The summed E-state index contributed by atoms with van der Waals surface area (Å²) in [5, 5.41) is 0. The van der Waals surface area contributed by atoms with Crippen LogP contribution in [0.25, 0.3) is 0 Å². The van der Waals surface area contributed by atoms with E-state index in [-0.39, 0.29) is 0 Å². The lowest BCUT2D eigenvalue weighted by Gasteiger charge is -2.07. The van der Waals surface area contributed by atoms with Crippen molar-refractivity contribution in [1.29, 1.82) is 0 Å². The average Bonchev–Trinajstić information content (AvgIpc) is 2.80. The first kappa shape index (κ1) is 10.4. The molecule has 3 heteroatoms. The molecule has 0 amide bonds. The second-order valence-electron chi connectivity index (χ2n) is 5.06. The summed E-state index contributed by atoms with van der Waals surface area (Å²) < 4.78 is 0. The van der Waals surface area contributed by atoms with Crippen LogP contribution in [0.1, 0.15) is 44.6 Å². The van der Waals surface area contributed by atoms with Gasteiger partial charge in [0.25, 0.3) is 0 Å². The van der Waals surface area contributed by atoms with Gasteiger partial charge in [0.05, 0.1) is 0 Å². The van der Waals surface area contributed by atoms with Crippen molar-refractivity contribution >= 4 is 5.82 Å². The minimum atomic E-state index is 0.555. The topological polar surface area (TPSA) is 51.8 Å². The second-order valence-corrected chi connectivity index (χ2v) is 5.06. The van der Waals surface area contributed by atoms with Crippen LogP contribution in [0.3, 0.4) is 0 Å². The van der Waals surface area contributed by atoms with Gasteiger partial charge in [0.15, 0.2) is 0 Å². The second kappa shape index (κ2) is 3.80. The summed E-state index contributed by atoms with van der Waals surface area (Å²) >= 11 is 0. The van der Waals surface area contributed by atoms with Crippen LogP contribution in [0.15, 0.2) is 6.07 Å². The van der Waals surface area contributed by atoms with E-state index in [1.54, 1.807) is 0 Å². The fraction of sp³-hybridized carbons (Fsp3) is 0.667. The molecule has 2 rings (SSSR count). The third-order valence-electron chi connectivity index (χ3n) is 2.87. The lowest BCUT2D eigenvalue weighted by Crippen LogP contribution is -2.05. The van der Waals surface area contributed by atoms with E-state index in [4.69, 9.17) is 5.73 Å². The Balaban J connectivity index is 2.21. The minimum absolute atomic E-state index is 0.555. The molecule has 0 radical (unpaired) electrons. The number of rotatable bonds is 3. The fourth-order valence-electron chi connectivity index (χ4n) is 1.91. The van der Waals surface area contributed by atoms with Crippen molar-refractivity contribution in [3.05, 3.63) is 17.6 Å². The van der Waals surface area contributed by atoms with E-state index in [1.807, 2.05) is 6.07 Å². The molecule has 0 saturated heterocycles. The predicted octanol–water partition coefficient (Wildman–Crippen LogP) is 2.38. The Hall–Kier alpha value is -1.12. The van der Waals surface area contributed by atoms with Gasteiger partial charge in [-0.25, -0.2) is 9.97 Å². The average molecular weight is 205 g/mol. The molecule has 2 atom stereocenters. The van der Waals surface area contributed by atoms with Gasteiger partial charge in [0.2, 0.25) is 0 Å². The molecule has 0 bridgehead atoms. The first-order chi connectivity index (χ1) is 7.06. The molecule has 82 valence electrons. The molecule has 15 heavy (non-hydrogen) atoms. The predicted molar refractivity (Wildman–Crippen MR) is 61.5 cm³/mol. The van der Waals surface area contributed by atoms with Crippen molar-refractivity contribution in [2.45, 2.75) is 39.5 Å². The van der Waals surface area contributed by atoms with E-state index in [0.717, 1.165) is 23.9 Å². The van der Waals surface area contributed by atoms with Gasteiger partial charge in [-0.1, -0.05) is 20.8 Å². The summed E-state index contributed by atoms with van der Waals surface area (Å²) in [6.45, 7) is 6.62. The zero-order chi connectivity index (χ0) is 11.0. The number of nitrogens with zero attached hydrogens (tertiary/aromatic N) is 2. The zero-order valence-electron chi connectivity index (χ0n) is 9.70. The van der Waals surface area contributed by atoms with Crippen LogP contribution in [0.5, 0.6) is 0 Å². The number of anilines is 1. The standard InChI is InChI=1S/C12H19N3/c1-7(2)4-9-6-11(13)15-12(14-9)10-5-8(10)3/h6-8,10H,4-5H2,1-3H3,(H2,13,14,15). The first-order valence-corrected chi connectivity index (χ1v) is 5.69. The summed E-state index contributed by atoms with van der Waals surface area (Å²) in [6.07, 6.45) is 2.20. The minimum Gasteiger partial charge on any atom is -0.384 e. The molecule has 1 heterocycles. The molecule has 2 N–H and O–H groups in total. The Bertz CT molecular complexity index is 360. The number of hydrogen-bond donors (Lipinski definition) is 1. The van der Waals surface area contributed by atoms with Crippen molar-refractivity contribution < 1.29 is 0 Å². The van der Waals surface area contributed by atoms with Crippen LogP contribution in [-0.2, 0) is 6.42 Å². The molecule has 1 fully saturated rings. The number of aromatic nitrogens is 2. The molecule has 1 aromatic heterocycles. The Morgan fingerprint density at radius 2 is 2.13 bits per heavy atom. The molecule has 2 unspecified atom stereocenters. The van der Waals surface area contributed by atoms with E-state index in [9.17, 15) is 0 Å². The molecule has 1 aliphatic rings. The van der Waals surface area contributed by atoms with Crippen LogP contribution in [0.2, 0.25) is 0 Å². The van der Waals surface area contributed by atoms with E-state index in [2.05, 4.69) is 30.7 Å². The van der Waals surface area contributed by atoms with Crippen molar-refractivity contribution in [1.82, 2.24) is 9.97 Å². The molecule has 3 nitrogen and oxygen atoms in total. The van der Waals surface area contributed by atoms with E-state index >= 15 is 0 Å². The third-order valence-corrected chi connectivity index (χ3v) is 2.87. The summed E-state index contributed by atoms with van der Waals surface area (Å²) in [4.78, 5) is 8.92. The van der Waals surface area contributed by atoms with E-state index in [0.29, 0.717) is 17.7 Å². The van der Waals surface area contributed by atoms with E-state index < -0.39 is 0 Å². The molecule has 1 aliphatic carbocycles. The highest BCUT2D eigenvalue weighted by molar-refractivity contribution is 5.31. The van der Waals surface area contributed by atoms with Gasteiger partial charge in [-0.05, 0) is 24.7 Å². The molecule has 1 aromatic rings. The third kappa shape index (κ3) is 2.46. The number of hydrogen-bond acceptors (Lipinski definition) is 3. The van der Waals surface area contributed by atoms with Gasteiger partial charge in [-0.15, -0.1) is 0 Å². The lowest BCUT2D eigenvalue weighted by atomic mass is 10.1. The van der Waals surface area contributed by atoms with Crippen molar-refractivity contribution in [3.63, 3.8) is 0 Å². The van der Waals surface area contributed by atoms with Crippen LogP contribution in [0.4, 0.5) is 5.82 Å². The maximum atomic E-state index is 5.80. The highest BCUT2D eigenvalue weighted by Crippen LogP contribution is 2.45. The van der Waals surface area contributed by atoms with Gasteiger partial charge in [-0.3, -0.25) is 0 Å². The Morgan fingerprint density at radius 3 is 2.67 bits per heavy atom. The molecule has 0 spiro atoms. The summed E-state index contributed by atoms with van der Waals surface area (Å²) in [5.41, 5.74) is 6.88. The van der Waals surface area contributed by atoms with Gasteiger partial charge < -0.3 is 5.73 Å². The number of nitrogens with two attached hydrogens (primary N) is 1. The molecule has 0 aliphatic heterocycles. The molecule has 0 aromatic carbocycles. The summed E-state index contributed by atoms with van der Waals surface area (Å²) in [6, 6.07) is 1.90. The number of nitrogen functional groups attached to an aromatic ring is 1. The van der Waals surface area contributed by atoms with Gasteiger partial charge in [-0.2, -0.15) is 0 Å². The quantitative estimate of drug-likeness (QED) is 0.824. The molecule has 1 saturated carbocycles. The molecular formula is C12H19N3. The SMILES string of the molecule is CC(C)Cc1cc(N)nc(C2CC2C)n1. The first-order valence-electron chi connectivity index (χ1n) is 5.69. The van der Waals surface area contributed by atoms with Crippen molar-refractivity contribution in [2.24, 2.45) is 11.8 Å². The van der Waals surface area contributed by atoms with E-state index in [1.165, 1.54) is 6.42 Å². The fourth-order valence-corrected chi connectivity index (χ4v) is 1.91. The van der Waals surface area contributed by atoms with Crippen LogP contribution in [0, 0.1) is 11.8 Å².